The number of aldehydes is 1. The van der Waals surface area contributed by atoms with E-state index in [0.717, 1.165) is 0 Å². The third kappa shape index (κ3) is 2.21. The molecule has 8 nitrogen and oxygen atoms in total. The fourth-order valence-electron chi connectivity index (χ4n) is 1.73. The second kappa shape index (κ2) is 4.97. The molecule has 10 heteroatoms. The van der Waals surface area contributed by atoms with Crippen LogP contribution in [0.25, 0.3) is 11.2 Å². The molecule has 0 aliphatic rings. The molecule has 21 heavy (non-hydrogen) atoms. The highest BCUT2D eigenvalue weighted by atomic mass is 79.9. The van der Waals surface area contributed by atoms with E-state index in [-0.39, 0.29) is 26.5 Å². The molecule has 3 rings (SSSR count). The highest BCUT2D eigenvalue weighted by molar-refractivity contribution is 9.10. The van der Waals surface area contributed by atoms with E-state index >= 15 is 0 Å². The van der Waals surface area contributed by atoms with Gasteiger partial charge in [0.2, 0.25) is 10.4 Å². The number of carbonyl (C=O) groups is 1. The Morgan fingerprint density at radius 3 is 2.52 bits per heavy atom. The van der Waals surface area contributed by atoms with Gasteiger partial charge in [-0.25, -0.2) is 4.98 Å². The van der Waals surface area contributed by atoms with Crippen molar-refractivity contribution in [1.29, 1.82) is 0 Å². The van der Waals surface area contributed by atoms with Crippen LogP contribution in [0.15, 0.2) is 40.0 Å². The summed E-state index contributed by atoms with van der Waals surface area (Å²) in [6.45, 7) is 0. The molecule has 2 aromatic heterocycles. The zero-order valence-corrected chi connectivity index (χ0v) is 12.6. The Labute approximate surface area is 127 Å². The van der Waals surface area contributed by atoms with Crippen molar-refractivity contribution in [2.45, 2.75) is 4.90 Å². The van der Waals surface area contributed by atoms with Crippen LogP contribution in [-0.2, 0) is 10.0 Å². The summed E-state index contributed by atoms with van der Waals surface area (Å²) in [6.07, 6.45) is 0.417. The van der Waals surface area contributed by atoms with E-state index in [9.17, 15) is 13.2 Å². The number of halogens is 1. The van der Waals surface area contributed by atoms with Crippen molar-refractivity contribution in [3.8, 4) is 0 Å². The van der Waals surface area contributed by atoms with Crippen LogP contribution in [0.1, 0.15) is 10.5 Å². The molecule has 2 heterocycles. The lowest BCUT2D eigenvalue weighted by molar-refractivity contribution is 0.112. The second-order valence-corrected chi connectivity index (χ2v) is 6.39. The van der Waals surface area contributed by atoms with Gasteiger partial charge in [-0.05, 0) is 28.1 Å². The quantitative estimate of drug-likeness (QED) is 0.636. The largest absolute Gasteiger partial charge is 0.296 e. The van der Waals surface area contributed by atoms with Gasteiger partial charge in [0.05, 0.1) is 4.90 Å². The number of fused-ring (bicyclic) bond motifs is 1. The molecule has 106 valence electrons. The molecule has 0 bridgehead atoms. The average molecular weight is 368 g/mol. The minimum atomic E-state index is -3.98. The van der Waals surface area contributed by atoms with Crippen molar-refractivity contribution < 1.29 is 13.2 Å². The van der Waals surface area contributed by atoms with Gasteiger partial charge in [0.1, 0.15) is 5.52 Å². The van der Waals surface area contributed by atoms with Gasteiger partial charge in [0.15, 0.2) is 12.0 Å². The Morgan fingerprint density at radius 2 is 1.86 bits per heavy atom. The van der Waals surface area contributed by atoms with E-state index < -0.39 is 10.0 Å². The summed E-state index contributed by atoms with van der Waals surface area (Å²) in [4.78, 5) is 15.0. The molecule has 0 aliphatic heterocycles. The standard InChI is InChI=1S/C11H6BrN5O3S/c12-11-13-9-8(6-18)16-17(10(9)14-15-11)21(19,20)7-4-2-1-3-5-7/h1-6H. The van der Waals surface area contributed by atoms with Gasteiger partial charge in [0, 0.05) is 0 Å². The fraction of sp³-hybridized carbons (Fsp3) is 0. The molecule has 0 unspecified atom stereocenters. The minimum absolute atomic E-state index is 0.0246. The van der Waals surface area contributed by atoms with Crippen LogP contribution in [0, 0.1) is 0 Å². The predicted molar refractivity (Wildman–Crippen MR) is 75.2 cm³/mol. The lowest BCUT2D eigenvalue weighted by Crippen LogP contribution is -2.15. The number of benzene rings is 1. The predicted octanol–water partition coefficient (Wildman–Crippen LogP) is 1.03. The van der Waals surface area contributed by atoms with Crippen molar-refractivity contribution >= 4 is 43.4 Å². The molecule has 0 amide bonds. The molecule has 0 spiro atoms. The van der Waals surface area contributed by atoms with E-state index in [0.29, 0.717) is 10.4 Å². The lowest BCUT2D eigenvalue weighted by atomic mass is 10.4. The normalized spacial score (nSPS) is 11.7. The van der Waals surface area contributed by atoms with Gasteiger partial charge >= 0.3 is 0 Å². The van der Waals surface area contributed by atoms with Crippen molar-refractivity contribution in [2.75, 3.05) is 0 Å². The molecule has 0 radical (unpaired) electrons. The molecular formula is C11H6BrN5O3S. The summed E-state index contributed by atoms with van der Waals surface area (Å²) in [7, 11) is -3.98. The Hall–Kier alpha value is -2.20. The maximum absolute atomic E-state index is 12.5. The van der Waals surface area contributed by atoms with E-state index in [2.05, 4.69) is 36.2 Å². The number of carbonyl (C=O) groups excluding carboxylic acids is 1. The van der Waals surface area contributed by atoms with Crippen molar-refractivity contribution in [3.63, 3.8) is 0 Å². The molecule has 0 saturated heterocycles. The van der Waals surface area contributed by atoms with Crippen molar-refractivity contribution in [3.05, 3.63) is 40.8 Å². The highest BCUT2D eigenvalue weighted by Crippen LogP contribution is 2.20. The van der Waals surface area contributed by atoms with Crippen LogP contribution in [0.5, 0.6) is 0 Å². The summed E-state index contributed by atoms with van der Waals surface area (Å²) in [5, 5.41) is 11.2. The van der Waals surface area contributed by atoms with Crippen LogP contribution >= 0.6 is 15.9 Å². The Kier molecular flexibility index (Phi) is 3.26. The fourth-order valence-corrected chi connectivity index (χ4v) is 3.24. The van der Waals surface area contributed by atoms with Crippen molar-refractivity contribution in [1.82, 2.24) is 24.4 Å². The summed E-state index contributed by atoms with van der Waals surface area (Å²) < 4.78 is 25.9. The summed E-state index contributed by atoms with van der Waals surface area (Å²) in [6, 6.07) is 7.70. The highest BCUT2D eigenvalue weighted by Gasteiger charge is 2.25. The molecule has 0 aliphatic carbocycles. The van der Waals surface area contributed by atoms with Gasteiger partial charge in [-0.2, -0.15) is 13.5 Å². The Morgan fingerprint density at radius 1 is 1.14 bits per heavy atom. The van der Waals surface area contributed by atoms with E-state index in [1.54, 1.807) is 18.2 Å². The summed E-state index contributed by atoms with van der Waals surface area (Å²) in [5.74, 6) is 0. The molecular weight excluding hydrogens is 362 g/mol. The lowest BCUT2D eigenvalue weighted by Gasteiger charge is -2.04. The third-order valence-corrected chi connectivity index (χ3v) is 4.56. The molecule has 0 atom stereocenters. The number of hydrogen-bond donors (Lipinski definition) is 0. The zero-order valence-electron chi connectivity index (χ0n) is 10.2. The van der Waals surface area contributed by atoms with Crippen LogP contribution < -0.4 is 0 Å². The minimum Gasteiger partial charge on any atom is -0.296 e. The number of rotatable bonds is 3. The van der Waals surface area contributed by atoms with Crippen molar-refractivity contribution in [2.24, 2.45) is 0 Å². The van der Waals surface area contributed by atoms with Crippen LogP contribution in [0.3, 0.4) is 0 Å². The molecule has 1 aromatic carbocycles. The Bertz CT molecular complexity index is 939. The summed E-state index contributed by atoms with van der Waals surface area (Å²) in [5.41, 5.74) is -0.171. The first-order chi connectivity index (χ1) is 10.0. The molecule has 3 aromatic rings. The maximum Gasteiger partial charge on any atom is 0.285 e. The van der Waals surface area contributed by atoms with E-state index in [4.69, 9.17) is 0 Å². The average Bonchev–Trinajstić information content (AvgIpc) is 2.86. The van der Waals surface area contributed by atoms with Gasteiger partial charge < -0.3 is 0 Å². The number of aromatic nitrogens is 5. The molecule has 0 N–H and O–H groups in total. The third-order valence-electron chi connectivity index (χ3n) is 2.65. The van der Waals surface area contributed by atoms with Gasteiger partial charge in [-0.15, -0.1) is 14.3 Å². The first-order valence-corrected chi connectivity index (χ1v) is 7.82. The van der Waals surface area contributed by atoms with Gasteiger partial charge in [0.25, 0.3) is 10.0 Å². The van der Waals surface area contributed by atoms with Gasteiger partial charge in [-0.3, -0.25) is 4.79 Å². The Balaban J connectivity index is 2.33. The molecule has 0 fully saturated rings. The van der Waals surface area contributed by atoms with Crippen LogP contribution in [0.2, 0.25) is 0 Å². The van der Waals surface area contributed by atoms with Crippen LogP contribution in [0.4, 0.5) is 0 Å². The smallest absolute Gasteiger partial charge is 0.285 e. The molecule has 0 saturated carbocycles. The second-order valence-electron chi connectivity index (χ2n) is 3.92. The zero-order chi connectivity index (χ0) is 15.0. The maximum atomic E-state index is 12.5. The summed E-state index contributed by atoms with van der Waals surface area (Å²) >= 11 is 3.01. The van der Waals surface area contributed by atoms with E-state index in [1.165, 1.54) is 12.1 Å². The van der Waals surface area contributed by atoms with Gasteiger partial charge in [-0.1, -0.05) is 18.2 Å². The monoisotopic (exact) mass is 367 g/mol. The topological polar surface area (TPSA) is 108 Å². The SMILES string of the molecule is O=Cc1nn(S(=O)(=O)c2ccccc2)c2nnc(Br)nc12. The number of hydrogen-bond acceptors (Lipinski definition) is 7. The first-order valence-electron chi connectivity index (χ1n) is 5.59. The first kappa shape index (κ1) is 13.8. The number of nitrogens with zero attached hydrogens (tertiary/aromatic N) is 5. The van der Waals surface area contributed by atoms with Crippen LogP contribution in [-0.4, -0.2) is 39.1 Å². The van der Waals surface area contributed by atoms with E-state index in [1.807, 2.05) is 0 Å².